The predicted molar refractivity (Wildman–Crippen MR) is 38.0 cm³/mol. The predicted octanol–water partition coefficient (Wildman–Crippen LogP) is -0.477. The van der Waals surface area contributed by atoms with Crippen LogP contribution in [-0.4, -0.2) is 23.1 Å². The zero-order valence-electron chi connectivity index (χ0n) is 5.26. The second kappa shape index (κ2) is 2.58. The van der Waals surface area contributed by atoms with Gasteiger partial charge < -0.3 is 5.73 Å². The molecule has 3 N–H and O–H groups in total. The first-order valence-electron chi connectivity index (χ1n) is 2.87. The van der Waals surface area contributed by atoms with Gasteiger partial charge in [0.15, 0.2) is 0 Å². The molecule has 0 spiro atoms. The Kier molecular flexibility index (Phi) is 1.97. The molecule has 1 saturated heterocycles. The molecule has 9 heavy (non-hydrogen) atoms. The van der Waals surface area contributed by atoms with Gasteiger partial charge in [-0.3, -0.25) is 10.1 Å². The molecular weight excluding hydrogens is 136 g/mol. The van der Waals surface area contributed by atoms with E-state index in [0.29, 0.717) is 5.37 Å². The number of hydrogen-bond acceptors (Lipinski definition) is 3. The SMILES string of the molecule is CC1NC(C(N)=O)CS1. The minimum Gasteiger partial charge on any atom is -0.368 e. The molecule has 2 unspecified atom stereocenters. The molecule has 1 amide bonds. The van der Waals surface area contributed by atoms with Crippen LogP contribution in [0, 0.1) is 0 Å². The molecule has 0 aliphatic carbocycles. The van der Waals surface area contributed by atoms with Crippen LogP contribution in [0.25, 0.3) is 0 Å². The summed E-state index contributed by atoms with van der Waals surface area (Å²) >= 11 is 1.72. The summed E-state index contributed by atoms with van der Waals surface area (Å²) < 4.78 is 0. The van der Waals surface area contributed by atoms with Crippen LogP contribution in [0.5, 0.6) is 0 Å². The Hall–Kier alpha value is -0.220. The highest BCUT2D eigenvalue weighted by molar-refractivity contribution is 8.00. The van der Waals surface area contributed by atoms with Crippen molar-refractivity contribution in [3.63, 3.8) is 0 Å². The Morgan fingerprint density at radius 1 is 1.89 bits per heavy atom. The number of rotatable bonds is 1. The van der Waals surface area contributed by atoms with Gasteiger partial charge in [-0.2, -0.15) is 0 Å². The fourth-order valence-corrected chi connectivity index (χ4v) is 1.79. The van der Waals surface area contributed by atoms with E-state index in [-0.39, 0.29) is 11.9 Å². The maximum Gasteiger partial charge on any atom is 0.235 e. The Balaban J connectivity index is 2.39. The van der Waals surface area contributed by atoms with Gasteiger partial charge in [0, 0.05) is 5.75 Å². The Morgan fingerprint density at radius 2 is 2.56 bits per heavy atom. The fraction of sp³-hybridized carbons (Fsp3) is 0.800. The summed E-state index contributed by atoms with van der Waals surface area (Å²) in [6.07, 6.45) is 0. The molecule has 3 nitrogen and oxygen atoms in total. The molecule has 2 atom stereocenters. The molecule has 1 fully saturated rings. The van der Waals surface area contributed by atoms with Gasteiger partial charge in [-0.15, -0.1) is 11.8 Å². The van der Waals surface area contributed by atoms with E-state index in [1.807, 2.05) is 6.92 Å². The van der Waals surface area contributed by atoms with E-state index in [9.17, 15) is 4.79 Å². The Morgan fingerprint density at radius 3 is 2.78 bits per heavy atom. The smallest absolute Gasteiger partial charge is 0.235 e. The van der Waals surface area contributed by atoms with Crippen molar-refractivity contribution in [2.75, 3.05) is 5.75 Å². The second-order valence-corrected chi connectivity index (χ2v) is 3.47. The Bertz CT molecular complexity index is 128. The monoisotopic (exact) mass is 146 g/mol. The highest BCUT2D eigenvalue weighted by atomic mass is 32.2. The van der Waals surface area contributed by atoms with Gasteiger partial charge in [-0.05, 0) is 6.92 Å². The van der Waals surface area contributed by atoms with Crippen molar-refractivity contribution in [1.82, 2.24) is 5.32 Å². The number of amides is 1. The van der Waals surface area contributed by atoms with E-state index in [4.69, 9.17) is 5.73 Å². The first-order valence-corrected chi connectivity index (χ1v) is 3.92. The topological polar surface area (TPSA) is 55.1 Å². The molecule has 0 aromatic rings. The van der Waals surface area contributed by atoms with Gasteiger partial charge >= 0.3 is 0 Å². The van der Waals surface area contributed by atoms with Crippen LogP contribution in [0.15, 0.2) is 0 Å². The fourth-order valence-electron chi connectivity index (χ4n) is 0.784. The van der Waals surface area contributed by atoms with Crippen molar-refractivity contribution in [1.29, 1.82) is 0 Å². The molecule has 1 heterocycles. The van der Waals surface area contributed by atoms with Crippen LogP contribution in [0.3, 0.4) is 0 Å². The van der Waals surface area contributed by atoms with Gasteiger partial charge in [0.2, 0.25) is 5.91 Å². The van der Waals surface area contributed by atoms with E-state index in [0.717, 1.165) is 5.75 Å². The molecule has 4 heteroatoms. The molecule has 0 aromatic heterocycles. The minimum absolute atomic E-state index is 0.106. The first kappa shape index (κ1) is 6.89. The van der Waals surface area contributed by atoms with Gasteiger partial charge in [-0.25, -0.2) is 0 Å². The number of primary amides is 1. The molecule has 52 valence electrons. The third kappa shape index (κ3) is 1.59. The highest BCUT2D eigenvalue weighted by Gasteiger charge is 2.24. The summed E-state index contributed by atoms with van der Waals surface area (Å²) in [4.78, 5) is 10.5. The number of nitrogens with one attached hydrogen (secondary N) is 1. The summed E-state index contributed by atoms with van der Waals surface area (Å²) in [7, 11) is 0. The lowest BCUT2D eigenvalue weighted by atomic mass is 10.3. The maximum absolute atomic E-state index is 10.5. The summed E-state index contributed by atoms with van der Waals surface area (Å²) in [5.74, 6) is 0.572. The normalized spacial score (nSPS) is 34.8. The summed E-state index contributed by atoms with van der Waals surface area (Å²) in [6.45, 7) is 2.02. The third-order valence-corrected chi connectivity index (χ3v) is 2.45. The standard InChI is InChI=1S/C5H10N2OS/c1-3-7-4(2-9-3)5(6)8/h3-4,7H,2H2,1H3,(H2,6,8). The van der Waals surface area contributed by atoms with Gasteiger partial charge in [0.25, 0.3) is 0 Å². The molecule has 0 radical (unpaired) electrons. The second-order valence-electron chi connectivity index (χ2n) is 2.10. The molecule has 1 aliphatic rings. The van der Waals surface area contributed by atoms with Crippen molar-refractivity contribution < 1.29 is 4.79 Å². The van der Waals surface area contributed by atoms with E-state index >= 15 is 0 Å². The molecule has 0 saturated carbocycles. The lowest BCUT2D eigenvalue weighted by molar-refractivity contribution is -0.119. The molecule has 0 aromatic carbocycles. The number of carbonyl (C=O) groups is 1. The van der Waals surface area contributed by atoms with E-state index in [1.54, 1.807) is 11.8 Å². The van der Waals surface area contributed by atoms with E-state index < -0.39 is 0 Å². The number of carbonyl (C=O) groups excluding carboxylic acids is 1. The highest BCUT2D eigenvalue weighted by Crippen LogP contribution is 2.16. The van der Waals surface area contributed by atoms with Crippen molar-refractivity contribution in [3.8, 4) is 0 Å². The largest absolute Gasteiger partial charge is 0.368 e. The van der Waals surface area contributed by atoms with Crippen molar-refractivity contribution in [2.45, 2.75) is 18.3 Å². The first-order chi connectivity index (χ1) is 4.20. The third-order valence-electron chi connectivity index (χ3n) is 1.29. The maximum atomic E-state index is 10.5. The quantitative estimate of drug-likeness (QED) is 0.525. The summed E-state index contributed by atoms with van der Waals surface area (Å²) in [5, 5.41) is 3.42. The zero-order valence-corrected chi connectivity index (χ0v) is 6.07. The molecule has 1 rings (SSSR count). The van der Waals surface area contributed by atoms with E-state index in [1.165, 1.54) is 0 Å². The molecular formula is C5H10N2OS. The van der Waals surface area contributed by atoms with Gasteiger partial charge in [0.05, 0.1) is 11.4 Å². The lowest BCUT2D eigenvalue weighted by Gasteiger charge is -2.03. The average molecular weight is 146 g/mol. The van der Waals surface area contributed by atoms with Crippen LogP contribution in [0.1, 0.15) is 6.92 Å². The number of thioether (sulfide) groups is 1. The van der Waals surface area contributed by atoms with Gasteiger partial charge in [0.1, 0.15) is 0 Å². The molecule has 0 bridgehead atoms. The minimum atomic E-state index is -0.244. The van der Waals surface area contributed by atoms with Crippen molar-refractivity contribution >= 4 is 17.7 Å². The van der Waals surface area contributed by atoms with Gasteiger partial charge in [-0.1, -0.05) is 0 Å². The summed E-state index contributed by atoms with van der Waals surface area (Å²) in [5.41, 5.74) is 5.05. The molecule has 1 aliphatic heterocycles. The van der Waals surface area contributed by atoms with Crippen LogP contribution < -0.4 is 11.1 Å². The van der Waals surface area contributed by atoms with Crippen LogP contribution >= 0.6 is 11.8 Å². The van der Waals surface area contributed by atoms with E-state index in [2.05, 4.69) is 5.32 Å². The van der Waals surface area contributed by atoms with Crippen molar-refractivity contribution in [2.24, 2.45) is 5.73 Å². The summed E-state index contributed by atoms with van der Waals surface area (Å²) in [6, 6.07) is -0.106. The average Bonchev–Trinajstić information content (AvgIpc) is 2.14. The lowest BCUT2D eigenvalue weighted by Crippen LogP contribution is -2.40. The van der Waals surface area contributed by atoms with Crippen LogP contribution in [0.2, 0.25) is 0 Å². The number of nitrogens with two attached hydrogens (primary N) is 1. The van der Waals surface area contributed by atoms with Crippen LogP contribution in [0.4, 0.5) is 0 Å². The number of hydrogen-bond donors (Lipinski definition) is 2. The Labute approximate surface area is 58.4 Å². The van der Waals surface area contributed by atoms with Crippen molar-refractivity contribution in [3.05, 3.63) is 0 Å². The zero-order chi connectivity index (χ0) is 6.85. The van der Waals surface area contributed by atoms with Crippen LogP contribution in [-0.2, 0) is 4.79 Å².